The maximum atomic E-state index is 6.33. The predicted molar refractivity (Wildman–Crippen MR) is 91.3 cm³/mol. The number of halogens is 1. The molecular formula is C18H17BrN2. The van der Waals surface area contributed by atoms with Crippen molar-refractivity contribution in [2.24, 2.45) is 5.73 Å². The normalized spacial score (nSPS) is 12.5. The number of aromatic nitrogens is 1. The highest BCUT2D eigenvalue weighted by Gasteiger charge is 2.10. The average molecular weight is 341 g/mol. The SMILES string of the molecule is Cc1ccc(C(N)Cc2ccc3ccccc3n2)cc1Br. The fourth-order valence-electron chi connectivity index (χ4n) is 2.40. The minimum absolute atomic E-state index is 0.0458. The van der Waals surface area contributed by atoms with E-state index in [9.17, 15) is 0 Å². The molecule has 3 heteroatoms. The summed E-state index contributed by atoms with van der Waals surface area (Å²) in [7, 11) is 0. The predicted octanol–water partition coefficient (Wildman–Crippen LogP) is 4.55. The van der Waals surface area contributed by atoms with Crippen molar-refractivity contribution in [1.29, 1.82) is 0 Å². The minimum Gasteiger partial charge on any atom is -0.324 e. The highest BCUT2D eigenvalue weighted by Crippen LogP contribution is 2.23. The molecule has 0 saturated carbocycles. The van der Waals surface area contributed by atoms with E-state index in [1.807, 2.05) is 18.2 Å². The van der Waals surface area contributed by atoms with Crippen LogP contribution in [0.5, 0.6) is 0 Å². The van der Waals surface area contributed by atoms with Gasteiger partial charge in [-0.05, 0) is 36.2 Å². The molecule has 2 aromatic carbocycles. The van der Waals surface area contributed by atoms with Crippen molar-refractivity contribution >= 4 is 26.8 Å². The van der Waals surface area contributed by atoms with Gasteiger partial charge in [-0.15, -0.1) is 0 Å². The van der Waals surface area contributed by atoms with E-state index in [1.54, 1.807) is 0 Å². The molecule has 0 radical (unpaired) electrons. The van der Waals surface area contributed by atoms with E-state index in [2.05, 4.69) is 64.2 Å². The summed E-state index contributed by atoms with van der Waals surface area (Å²) in [5.41, 5.74) is 10.7. The van der Waals surface area contributed by atoms with Crippen LogP contribution >= 0.6 is 15.9 Å². The van der Waals surface area contributed by atoms with E-state index >= 15 is 0 Å². The molecule has 0 fully saturated rings. The molecule has 1 aromatic heterocycles. The van der Waals surface area contributed by atoms with Crippen LogP contribution in [0.2, 0.25) is 0 Å². The van der Waals surface area contributed by atoms with Gasteiger partial charge in [-0.1, -0.05) is 52.3 Å². The number of aryl methyl sites for hydroxylation is 1. The van der Waals surface area contributed by atoms with Gasteiger partial charge in [-0.25, -0.2) is 0 Å². The number of hydrogen-bond donors (Lipinski definition) is 1. The molecule has 2 N–H and O–H groups in total. The Bertz CT molecular complexity index is 783. The van der Waals surface area contributed by atoms with Crippen LogP contribution < -0.4 is 5.73 Å². The summed E-state index contributed by atoms with van der Waals surface area (Å²) in [4.78, 5) is 4.69. The van der Waals surface area contributed by atoms with Crippen LogP contribution in [0, 0.1) is 6.92 Å². The molecule has 2 nitrogen and oxygen atoms in total. The smallest absolute Gasteiger partial charge is 0.0705 e. The van der Waals surface area contributed by atoms with Crippen LogP contribution in [-0.2, 0) is 6.42 Å². The summed E-state index contributed by atoms with van der Waals surface area (Å²) in [5, 5.41) is 1.16. The van der Waals surface area contributed by atoms with E-state index in [0.717, 1.165) is 33.1 Å². The average Bonchev–Trinajstić information content (AvgIpc) is 2.50. The molecule has 0 aliphatic rings. The van der Waals surface area contributed by atoms with Crippen molar-refractivity contribution in [2.75, 3.05) is 0 Å². The monoisotopic (exact) mass is 340 g/mol. The molecule has 0 saturated heterocycles. The van der Waals surface area contributed by atoms with Crippen LogP contribution in [0.25, 0.3) is 10.9 Å². The van der Waals surface area contributed by atoms with Gasteiger partial charge in [0.25, 0.3) is 0 Å². The number of benzene rings is 2. The second kappa shape index (κ2) is 5.96. The van der Waals surface area contributed by atoms with Crippen LogP contribution in [0.15, 0.2) is 59.1 Å². The van der Waals surface area contributed by atoms with Gasteiger partial charge in [0, 0.05) is 28.0 Å². The zero-order valence-corrected chi connectivity index (χ0v) is 13.5. The topological polar surface area (TPSA) is 38.9 Å². The van der Waals surface area contributed by atoms with E-state index < -0.39 is 0 Å². The fourth-order valence-corrected chi connectivity index (χ4v) is 2.80. The van der Waals surface area contributed by atoms with Crippen molar-refractivity contribution in [1.82, 2.24) is 4.98 Å². The highest BCUT2D eigenvalue weighted by molar-refractivity contribution is 9.10. The largest absolute Gasteiger partial charge is 0.324 e. The fraction of sp³-hybridized carbons (Fsp3) is 0.167. The van der Waals surface area contributed by atoms with Gasteiger partial charge in [-0.2, -0.15) is 0 Å². The maximum Gasteiger partial charge on any atom is 0.0705 e. The second-order valence-electron chi connectivity index (χ2n) is 5.31. The van der Waals surface area contributed by atoms with Gasteiger partial charge in [-0.3, -0.25) is 4.98 Å². The van der Waals surface area contributed by atoms with E-state index in [4.69, 9.17) is 5.73 Å². The number of nitrogens with two attached hydrogens (primary N) is 1. The first-order valence-electron chi connectivity index (χ1n) is 7.00. The third kappa shape index (κ3) is 3.14. The molecule has 1 atom stereocenters. The molecule has 0 aliphatic heterocycles. The van der Waals surface area contributed by atoms with E-state index in [-0.39, 0.29) is 6.04 Å². The third-order valence-electron chi connectivity index (χ3n) is 3.71. The molecule has 1 unspecified atom stereocenters. The maximum absolute atomic E-state index is 6.33. The Morgan fingerprint density at radius 3 is 2.71 bits per heavy atom. The van der Waals surface area contributed by atoms with E-state index in [1.165, 1.54) is 5.56 Å². The Labute approximate surface area is 133 Å². The van der Waals surface area contributed by atoms with Crippen molar-refractivity contribution in [3.8, 4) is 0 Å². The first-order valence-corrected chi connectivity index (χ1v) is 7.79. The Kier molecular flexibility index (Phi) is 4.04. The lowest BCUT2D eigenvalue weighted by Crippen LogP contribution is -2.14. The second-order valence-corrected chi connectivity index (χ2v) is 6.17. The van der Waals surface area contributed by atoms with Crippen LogP contribution in [0.4, 0.5) is 0 Å². The first-order chi connectivity index (χ1) is 10.1. The molecule has 3 rings (SSSR count). The Morgan fingerprint density at radius 1 is 1.10 bits per heavy atom. The van der Waals surface area contributed by atoms with Crippen LogP contribution in [0.1, 0.15) is 22.9 Å². The number of hydrogen-bond acceptors (Lipinski definition) is 2. The van der Waals surface area contributed by atoms with Gasteiger partial charge in [0.05, 0.1) is 5.52 Å². The lowest BCUT2D eigenvalue weighted by Gasteiger charge is -2.13. The number of nitrogens with zero attached hydrogens (tertiary/aromatic N) is 1. The van der Waals surface area contributed by atoms with Gasteiger partial charge in [0.15, 0.2) is 0 Å². The summed E-state index contributed by atoms with van der Waals surface area (Å²) >= 11 is 3.56. The standard InChI is InChI=1S/C18H17BrN2/c1-12-6-7-14(10-16(12)19)17(20)11-15-9-8-13-4-2-3-5-18(13)21-15/h2-10,17H,11,20H2,1H3. The van der Waals surface area contributed by atoms with Crippen molar-refractivity contribution in [3.63, 3.8) is 0 Å². The Morgan fingerprint density at radius 2 is 1.90 bits per heavy atom. The summed E-state index contributed by atoms with van der Waals surface area (Å²) < 4.78 is 1.10. The number of pyridine rings is 1. The number of fused-ring (bicyclic) bond motifs is 1. The first kappa shape index (κ1) is 14.2. The quantitative estimate of drug-likeness (QED) is 0.759. The lowest BCUT2D eigenvalue weighted by molar-refractivity contribution is 0.708. The highest BCUT2D eigenvalue weighted by atomic mass is 79.9. The molecule has 3 aromatic rings. The summed E-state index contributed by atoms with van der Waals surface area (Å²) in [6.07, 6.45) is 0.736. The van der Waals surface area contributed by atoms with Crippen molar-refractivity contribution < 1.29 is 0 Å². The van der Waals surface area contributed by atoms with E-state index in [0.29, 0.717) is 0 Å². The number of para-hydroxylation sites is 1. The Balaban J connectivity index is 1.85. The minimum atomic E-state index is -0.0458. The summed E-state index contributed by atoms with van der Waals surface area (Å²) in [6, 6.07) is 18.5. The molecular weight excluding hydrogens is 324 g/mol. The molecule has 0 bridgehead atoms. The summed E-state index contributed by atoms with van der Waals surface area (Å²) in [6.45, 7) is 2.07. The third-order valence-corrected chi connectivity index (χ3v) is 4.56. The van der Waals surface area contributed by atoms with Crippen molar-refractivity contribution in [2.45, 2.75) is 19.4 Å². The molecule has 106 valence electrons. The molecule has 0 amide bonds. The van der Waals surface area contributed by atoms with Crippen molar-refractivity contribution in [3.05, 3.63) is 75.9 Å². The van der Waals surface area contributed by atoms with Crippen LogP contribution in [0.3, 0.4) is 0 Å². The van der Waals surface area contributed by atoms with Gasteiger partial charge >= 0.3 is 0 Å². The van der Waals surface area contributed by atoms with Gasteiger partial charge in [0.2, 0.25) is 0 Å². The van der Waals surface area contributed by atoms with Crippen LogP contribution in [-0.4, -0.2) is 4.98 Å². The molecule has 0 spiro atoms. The molecule has 1 heterocycles. The number of rotatable bonds is 3. The van der Waals surface area contributed by atoms with Gasteiger partial charge < -0.3 is 5.73 Å². The van der Waals surface area contributed by atoms with Gasteiger partial charge in [0.1, 0.15) is 0 Å². The summed E-state index contributed by atoms with van der Waals surface area (Å²) in [5.74, 6) is 0. The zero-order valence-electron chi connectivity index (χ0n) is 11.9. The zero-order chi connectivity index (χ0) is 14.8. The Hall–Kier alpha value is -1.71. The molecule has 0 aliphatic carbocycles. The lowest BCUT2D eigenvalue weighted by atomic mass is 10.0. The molecule has 21 heavy (non-hydrogen) atoms.